The van der Waals surface area contributed by atoms with Crippen LogP contribution in [0.1, 0.15) is 0 Å². The predicted octanol–water partition coefficient (Wildman–Crippen LogP) is 11.2. The maximum Gasteiger partial charge on any atom is 0.267 e. The Hall–Kier alpha value is -7.21. The summed E-state index contributed by atoms with van der Waals surface area (Å²) in [5.74, 6) is 1.95. The van der Waals surface area contributed by atoms with E-state index in [-0.39, 0.29) is 21.1 Å². The van der Waals surface area contributed by atoms with Crippen molar-refractivity contribution in [2.75, 3.05) is 0 Å². The summed E-state index contributed by atoms with van der Waals surface area (Å²) in [7, 11) is 2.18. The Labute approximate surface area is 353 Å². The zero-order valence-electron chi connectivity index (χ0n) is 31.7. The van der Waals surface area contributed by atoms with E-state index in [4.69, 9.17) is 9.72 Å². The number of para-hydroxylation sites is 4. The first-order valence-corrected chi connectivity index (χ1v) is 19.3. The first-order chi connectivity index (χ1) is 28.7. The second-order valence-electron chi connectivity index (χ2n) is 14.5. The third-order valence-corrected chi connectivity index (χ3v) is 11.3. The van der Waals surface area contributed by atoms with Crippen LogP contribution in [0, 0.1) is 18.5 Å². The van der Waals surface area contributed by atoms with E-state index >= 15 is 0 Å². The molecule has 0 atom stereocenters. The quantitative estimate of drug-likeness (QED) is 0.123. The predicted molar refractivity (Wildman–Crippen MR) is 231 cm³/mol. The number of hydrogen-bond donors (Lipinski definition) is 0. The molecule has 7 aromatic carbocycles. The molecule has 0 aliphatic rings. The van der Waals surface area contributed by atoms with Gasteiger partial charge < -0.3 is 23.0 Å². The van der Waals surface area contributed by atoms with Crippen LogP contribution in [-0.2, 0) is 28.1 Å². The Morgan fingerprint density at radius 2 is 1.22 bits per heavy atom. The van der Waals surface area contributed by atoms with Crippen LogP contribution in [0.15, 0.2) is 176 Å². The van der Waals surface area contributed by atoms with Crippen LogP contribution < -0.4 is 9.30 Å². The molecule has 12 rings (SSSR count). The van der Waals surface area contributed by atoms with Gasteiger partial charge in [-0.15, -0.1) is 29.7 Å². The van der Waals surface area contributed by atoms with Crippen LogP contribution in [0.25, 0.3) is 88.3 Å². The molecule has 0 radical (unpaired) electrons. The fourth-order valence-electron chi connectivity index (χ4n) is 8.87. The van der Waals surface area contributed by atoms with E-state index in [1.165, 1.54) is 27.1 Å². The maximum atomic E-state index is 6.62. The monoisotopic (exact) mass is 939 g/mol. The molecular formula is C51H32N6OPt-2. The maximum absolute atomic E-state index is 6.62. The van der Waals surface area contributed by atoms with Gasteiger partial charge in [-0.2, -0.15) is 18.2 Å². The number of ether oxygens (including phenoxy) is 1. The van der Waals surface area contributed by atoms with Crippen molar-refractivity contribution in [3.63, 3.8) is 0 Å². The van der Waals surface area contributed by atoms with Gasteiger partial charge in [-0.05, 0) is 59.6 Å². The molecule has 0 unspecified atom stereocenters. The van der Waals surface area contributed by atoms with E-state index < -0.39 is 0 Å². The number of imidazole rings is 1. The van der Waals surface area contributed by atoms with Gasteiger partial charge in [0.15, 0.2) is 0 Å². The van der Waals surface area contributed by atoms with Crippen LogP contribution in [0.4, 0.5) is 0 Å². The summed E-state index contributed by atoms with van der Waals surface area (Å²) in [5.41, 5.74) is 9.51. The van der Waals surface area contributed by atoms with Crippen LogP contribution in [0.3, 0.4) is 0 Å². The first kappa shape index (κ1) is 35.0. The molecule has 0 amide bonds. The number of rotatable bonds is 6. The number of pyridine rings is 1. The van der Waals surface area contributed by atoms with Crippen LogP contribution >= 0.6 is 0 Å². The smallest absolute Gasteiger partial charge is 0.267 e. The van der Waals surface area contributed by atoms with Crippen molar-refractivity contribution in [1.29, 1.82) is 0 Å². The molecular weight excluding hydrogens is 908 g/mol. The summed E-state index contributed by atoms with van der Waals surface area (Å²) < 4.78 is 17.5. The van der Waals surface area contributed by atoms with Gasteiger partial charge in [-0.3, -0.25) is 4.57 Å². The Bertz CT molecular complexity index is 3550. The van der Waals surface area contributed by atoms with Crippen LogP contribution in [-0.4, -0.2) is 23.3 Å². The van der Waals surface area contributed by atoms with Crippen LogP contribution in [0.5, 0.6) is 11.5 Å². The number of benzene rings is 7. The number of aryl methyl sites for hydroxylation is 1. The van der Waals surface area contributed by atoms with E-state index in [9.17, 15) is 0 Å². The first-order valence-electron chi connectivity index (χ1n) is 19.3. The van der Waals surface area contributed by atoms with Crippen molar-refractivity contribution in [1.82, 2.24) is 23.3 Å². The molecule has 0 saturated carbocycles. The summed E-state index contributed by atoms with van der Waals surface area (Å²) >= 11 is 0. The third-order valence-electron chi connectivity index (χ3n) is 11.3. The Balaban J connectivity index is 0.00000397. The standard InChI is InChI=1S/C51H32N6O.Pt/c1-53-42-23-10-8-21-39(42)48-49-46(40-22-9-11-24-43(40)56(49)35-17-6-3-7-18-35)47-41-27-26-38(32-44(41)57(51(47)50(48)53)45-25-12-13-28-52-45)58-37-20-14-19-36(31-37)55-30-29-54(33-55)34-15-4-2-5-16-34;/h2-30H,1H3;/q-2;. The molecule has 8 heteroatoms. The minimum absolute atomic E-state index is 0. The van der Waals surface area contributed by atoms with Crippen molar-refractivity contribution in [2.45, 2.75) is 0 Å². The average molecular weight is 940 g/mol. The minimum Gasteiger partial charge on any atom is -0.510 e. The van der Waals surface area contributed by atoms with Gasteiger partial charge in [-0.25, -0.2) is 4.98 Å². The molecule has 0 fully saturated rings. The molecule has 0 N–H and O–H groups in total. The molecule has 0 saturated heterocycles. The summed E-state index contributed by atoms with van der Waals surface area (Å²) in [6, 6.07) is 61.7. The van der Waals surface area contributed by atoms with Gasteiger partial charge in [0.25, 0.3) is 6.33 Å². The third kappa shape index (κ3) is 5.32. The fraction of sp³-hybridized carbons (Fsp3) is 0.0196. The van der Waals surface area contributed by atoms with E-state index in [0.29, 0.717) is 11.5 Å². The van der Waals surface area contributed by atoms with E-state index in [1.807, 2.05) is 82.3 Å². The van der Waals surface area contributed by atoms with E-state index in [2.05, 4.69) is 142 Å². The Kier molecular flexibility index (Phi) is 8.14. The molecule has 0 aliphatic heterocycles. The van der Waals surface area contributed by atoms with Crippen molar-refractivity contribution in [3.8, 4) is 34.4 Å². The number of hydrogen-bond acceptors (Lipinski definition) is 2. The summed E-state index contributed by atoms with van der Waals surface area (Å²) in [6.45, 7) is 0. The SMILES string of the molecule is Cn1c2ccccc2c2c1c1c(c3ccc(Oc4[c-]c(-[n+]5[c-]n(-c6ccccc6)cc5)ccc4)[c-]c3n1-c1ccccn1)c1c3ccccc3n(-c3ccccc3)c12.[Pt]. The topological polar surface area (TPSA) is 45.7 Å². The van der Waals surface area contributed by atoms with Crippen molar-refractivity contribution in [2.24, 2.45) is 7.05 Å². The molecule has 59 heavy (non-hydrogen) atoms. The van der Waals surface area contributed by atoms with Gasteiger partial charge in [-0.1, -0.05) is 84.4 Å². The van der Waals surface area contributed by atoms with Gasteiger partial charge in [0, 0.05) is 91.0 Å². The van der Waals surface area contributed by atoms with Gasteiger partial charge in [0.2, 0.25) is 0 Å². The summed E-state index contributed by atoms with van der Waals surface area (Å²) in [4.78, 5) is 4.96. The molecule has 12 aromatic rings. The molecule has 7 nitrogen and oxygen atoms in total. The summed E-state index contributed by atoms with van der Waals surface area (Å²) in [6.07, 6.45) is 9.20. The molecule has 0 bridgehead atoms. The van der Waals surface area contributed by atoms with Crippen molar-refractivity contribution >= 4 is 65.4 Å². The van der Waals surface area contributed by atoms with Crippen LogP contribution in [0.2, 0.25) is 0 Å². The van der Waals surface area contributed by atoms with Gasteiger partial charge >= 0.3 is 0 Å². The number of nitrogens with zero attached hydrogens (tertiary/aromatic N) is 6. The van der Waals surface area contributed by atoms with Gasteiger partial charge in [0.1, 0.15) is 5.82 Å². The normalized spacial score (nSPS) is 11.7. The van der Waals surface area contributed by atoms with Crippen molar-refractivity contribution < 1.29 is 30.4 Å². The van der Waals surface area contributed by atoms with Crippen molar-refractivity contribution in [3.05, 3.63) is 195 Å². The Morgan fingerprint density at radius 1 is 0.542 bits per heavy atom. The zero-order valence-corrected chi connectivity index (χ0v) is 33.9. The number of fused-ring (bicyclic) bond motifs is 12. The zero-order chi connectivity index (χ0) is 38.3. The fourth-order valence-corrected chi connectivity index (χ4v) is 8.87. The average Bonchev–Trinajstić information content (AvgIpc) is 4.05. The minimum atomic E-state index is 0. The second kappa shape index (κ2) is 13.7. The second-order valence-corrected chi connectivity index (χ2v) is 14.5. The van der Waals surface area contributed by atoms with E-state index in [1.54, 1.807) is 0 Å². The largest absolute Gasteiger partial charge is 0.510 e. The molecule has 284 valence electrons. The molecule has 0 spiro atoms. The molecule has 0 aliphatic carbocycles. The Morgan fingerprint density at radius 3 is 2.00 bits per heavy atom. The van der Waals surface area contributed by atoms with Gasteiger partial charge in [0.05, 0.1) is 27.8 Å². The molecule has 5 heterocycles. The molecule has 5 aromatic heterocycles. The number of aromatic nitrogens is 6. The van der Waals surface area contributed by atoms with E-state index in [0.717, 1.165) is 61.2 Å². The summed E-state index contributed by atoms with van der Waals surface area (Å²) in [5, 5.41) is 6.97.